The van der Waals surface area contributed by atoms with Crippen LogP contribution in [0.2, 0.25) is 0 Å². The summed E-state index contributed by atoms with van der Waals surface area (Å²) in [6.45, 7) is 4.57. The summed E-state index contributed by atoms with van der Waals surface area (Å²) in [5.41, 5.74) is 0.0886. The summed E-state index contributed by atoms with van der Waals surface area (Å²) in [6.07, 6.45) is -0.970. The monoisotopic (exact) mass is 406 g/mol. The van der Waals surface area contributed by atoms with Gasteiger partial charge in [0.25, 0.3) is 0 Å². The average molecular weight is 406 g/mol. The number of nitrogens with zero attached hydrogens (tertiary/aromatic N) is 4. The first-order valence-corrected chi connectivity index (χ1v) is 9.94. The number of hydrogen-bond donors (Lipinski definition) is 1. The molecule has 4 rings (SSSR count). The molecule has 8 heteroatoms. The van der Waals surface area contributed by atoms with Gasteiger partial charge in [0.1, 0.15) is 5.75 Å². The molecule has 2 saturated heterocycles. The van der Waals surface area contributed by atoms with Gasteiger partial charge in [-0.3, -0.25) is 0 Å². The lowest BCUT2D eigenvalue weighted by atomic mass is 9.83. The molecule has 0 radical (unpaired) electrons. The Morgan fingerprint density at radius 2 is 1.90 bits per heavy atom. The normalized spacial score (nSPS) is 23.1. The zero-order chi connectivity index (χ0) is 20.8. The SMILES string of the molecule is Cc1cc(C(F)(F)F)cc(O)c1-c1ccc(N2CCC[C@@H]3CCN(C)C[C@@H]32)nn1. The van der Waals surface area contributed by atoms with Crippen LogP contribution in [0, 0.1) is 12.8 Å². The van der Waals surface area contributed by atoms with Crippen LogP contribution in [0.1, 0.15) is 30.4 Å². The van der Waals surface area contributed by atoms with Crippen LogP contribution < -0.4 is 4.90 Å². The standard InChI is InChI=1S/C21H25F3N4O/c1-13-10-15(21(22,23)24)11-18(29)20(13)16-5-6-19(26-25-16)28-8-3-4-14-7-9-27(2)12-17(14)28/h5-6,10-11,14,17,29H,3-4,7-9,12H2,1-2H3/t14-,17+/m1/s1. The quantitative estimate of drug-likeness (QED) is 0.814. The van der Waals surface area contributed by atoms with Crippen molar-refractivity contribution < 1.29 is 18.3 Å². The first-order chi connectivity index (χ1) is 13.7. The van der Waals surface area contributed by atoms with Crippen LogP contribution in [0.15, 0.2) is 24.3 Å². The van der Waals surface area contributed by atoms with Crippen LogP contribution in [0.3, 0.4) is 0 Å². The first-order valence-electron chi connectivity index (χ1n) is 9.94. The van der Waals surface area contributed by atoms with Crippen molar-refractivity contribution >= 4 is 5.82 Å². The number of likely N-dealkylation sites (N-methyl/N-ethyl adjacent to an activating group) is 1. The summed E-state index contributed by atoms with van der Waals surface area (Å²) in [4.78, 5) is 4.64. The fourth-order valence-corrected chi connectivity index (χ4v) is 4.68. The molecule has 1 aromatic carbocycles. The third-order valence-electron chi connectivity index (χ3n) is 6.14. The molecule has 0 saturated carbocycles. The second-order valence-corrected chi connectivity index (χ2v) is 8.18. The number of hydrogen-bond acceptors (Lipinski definition) is 5. The van der Waals surface area contributed by atoms with Gasteiger partial charge in [-0.2, -0.15) is 13.2 Å². The number of piperidine rings is 2. The Labute approximate surface area is 168 Å². The summed E-state index contributed by atoms with van der Waals surface area (Å²) in [5, 5.41) is 18.8. The van der Waals surface area contributed by atoms with Gasteiger partial charge >= 0.3 is 6.18 Å². The Balaban J connectivity index is 1.61. The second-order valence-electron chi connectivity index (χ2n) is 8.18. The Bertz CT molecular complexity index is 861. The Kier molecular flexibility index (Phi) is 5.14. The van der Waals surface area contributed by atoms with Crippen LogP contribution in [-0.4, -0.2) is 52.9 Å². The Morgan fingerprint density at radius 3 is 2.55 bits per heavy atom. The molecule has 0 aliphatic carbocycles. The smallest absolute Gasteiger partial charge is 0.416 e. The van der Waals surface area contributed by atoms with Gasteiger partial charge in [-0.05, 0) is 75.5 Å². The Hall–Kier alpha value is -2.35. The van der Waals surface area contributed by atoms with Gasteiger partial charge < -0.3 is 14.9 Å². The van der Waals surface area contributed by atoms with Crippen LogP contribution in [0.25, 0.3) is 11.3 Å². The maximum atomic E-state index is 13.0. The van der Waals surface area contributed by atoms with Gasteiger partial charge in [0, 0.05) is 24.7 Å². The topological polar surface area (TPSA) is 52.5 Å². The van der Waals surface area contributed by atoms with Crippen molar-refractivity contribution in [2.75, 3.05) is 31.6 Å². The molecule has 0 bridgehead atoms. The molecule has 0 unspecified atom stereocenters. The van der Waals surface area contributed by atoms with Crippen molar-refractivity contribution in [1.29, 1.82) is 0 Å². The Morgan fingerprint density at radius 1 is 1.10 bits per heavy atom. The molecule has 2 aliphatic heterocycles. The number of rotatable bonds is 2. The van der Waals surface area contributed by atoms with Crippen LogP contribution >= 0.6 is 0 Å². The van der Waals surface area contributed by atoms with E-state index in [9.17, 15) is 18.3 Å². The predicted octanol–water partition coefficient (Wildman–Crippen LogP) is 4.10. The molecule has 2 aliphatic rings. The highest BCUT2D eigenvalue weighted by atomic mass is 19.4. The third kappa shape index (κ3) is 3.90. The highest BCUT2D eigenvalue weighted by Crippen LogP contribution is 2.39. The van der Waals surface area contributed by atoms with E-state index in [4.69, 9.17) is 0 Å². The summed E-state index contributed by atoms with van der Waals surface area (Å²) in [5.74, 6) is 0.997. The first kappa shape index (κ1) is 19.9. The molecule has 2 fully saturated rings. The van der Waals surface area contributed by atoms with Crippen molar-refractivity contribution in [3.05, 3.63) is 35.4 Å². The minimum atomic E-state index is -4.51. The lowest BCUT2D eigenvalue weighted by Crippen LogP contribution is -2.55. The number of anilines is 1. The number of aromatic nitrogens is 2. The van der Waals surface area contributed by atoms with Crippen LogP contribution in [0.5, 0.6) is 5.75 Å². The summed E-state index contributed by atoms with van der Waals surface area (Å²) >= 11 is 0. The molecular weight excluding hydrogens is 381 g/mol. The maximum Gasteiger partial charge on any atom is 0.416 e. The summed E-state index contributed by atoms with van der Waals surface area (Å²) < 4.78 is 38.9. The van der Waals surface area contributed by atoms with E-state index < -0.39 is 17.5 Å². The fourth-order valence-electron chi connectivity index (χ4n) is 4.68. The van der Waals surface area contributed by atoms with Gasteiger partial charge in [-0.1, -0.05) is 0 Å². The van der Waals surface area contributed by atoms with E-state index in [0.717, 1.165) is 44.0 Å². The predicted molar refractivity (Wildman–Crippen MR) is 105 cm³/mol. The molecule has 0 amide bonds. The van der Waals surface area contributed by atoms with Gasteiger partial charge in [0.2, 0.25) is 0 Å². The number of likely N-dealkylation sites (tertiary alicyclic amines) is 1. The second kappa shape index (κ2) is 7.48. The molecule has 1 N–H and O–H groups in total. The molecule has 29 heavy (non-hydrogen) atoms. The lowest BCUT2D eigenvalue weighted by Gasteiger charge is -2.47. The van der Waals surface area contributed by atoms with Gasteiger partial charge in [0.15, 0.2) is 5.82 Å². The minimum absolute atomic E-state index is 0.283. The highest BCUT2D eigenvalue weighted by molar-refractivity contribution is 5.71. The molecule has 5 nitrogen and oxygen atoms in total. The number of fused-ring (bicyclic) bond motifs is 1. The molecule has 0 spiro atoms. The molecule has 3 heterocycles. The largest absolute Gasteiger partial charge is 0.507 e. The van der Waals surface area contributed by atoms with E-state index in [0.29, 0.717) is 23.2 Å². The molecule has 156 valence electrons. The lowest BCUT2D eigenvalue weighted by molar-refractivity contribution is -0.137. The average Bonchev–Trinajstić information content (AvgIpc) is 2.67. The molecule has 2 aromatic rings. The zero-order valence-corrected chi connectivity index (χ0v) is 16.6. The van der Waals surface area contributed by atoms with E-state index in [1.165, 1.54) is 19.8 Å². The van der Waals surface area contributed by atoms with Gasteiger partial charge in [-0.25, -0.2) is 0 Å². The number of aryl methyl sites for hydroxylation is 1. The number of alkyl halides is 3. The molecule has 1 aromatic heterocycles. The highest BCUT2D eigenvalue weighted by Gasteiger charge is 2.36. The van der Waals surface area contributed by atoms with Crippen molar-refractivity contribution in [1.82, 2.24) is 15.1 Å². The number of benzene rings is 1. The van der Waals surface area contributed by atoms with Crippen molar-refractivity contribution in [3.8, 4) is 17.0 Å². The van der Waals surface area contributed by atoms with E-state index in [2.05, 4.69) is 27.0 Å². The van der Waals surface area contributed by atoms with Crippen molar-refractivity contribution in [2.45, 2.75) is 38.4 Å². The van der Waals surface area contributed by atoms with Gasteiger partial charge in [-0.15, -0.1) is 10.2 Å². The van der Waals surface area contributed by atoms with E-state index >= 15 is 0 Å². The fraction of sp³-hybridized carbons (Fsp3) is 0.524. The van der Waals surface area contributed by atoms with Crippen LogP contribution in [-0.2, 0) is 6.18 Å². The number of phenolic OH excluding ortho intramolecular Hbond substituents is 1. The van der Waals surface area contributed by atoms with Crippen molar-refractivity contribution in [2.24, 2.45) is 5.92 Å². The van der Waals surface area contributed by atoms with E-state index in [1.54, 1.807) is 6.07 Å². The zero-order valence-electron chi connectivity index (χ0n) is 16.6. The summed E-state index contributed by atoms with van der Waals surface area (Å²) in [6, 6.07) is 5.76. The molecular formula is C21H25F3N4O. The van der Waals surface area contributed by atoms with E-state index in [1.807, 2.05) is 6.07 Å². The molecule has 2 atom stereocenters. The number of halogens is 3. The summed E-state index contributed by atoms with van der Waals surface area (Å²) in [7, 11) is 2.13. The van der Waals surface area contributed by atoms with Gasteiger partial charge in [0.05, 0.1) is 11.3 Å². The number of phenols is 1. The van der Waals surface area contributed by atoms with Crippen LogP contribution in [0.4, 0.5) is 19.0 Å². The maximum absolute atomic E-state index is 13.0. The van der Waals surface area contributed by atoms with Crippen molar-refractivity contribution in [3.63, 3.8) is 0 Å². The van der Waals surface area contributed by atoms with E-state index in [-0.39, 0.29) is 5.56 Å². The minimum Gasteiger partial charge on any atom is -0.507 e. The number of aromatic hydroxyl groups is 1. The third-order valence-corrected chi connectivity index (χ3v) is 6.14.